The van der Waals surface area contributed by atoms with Gasteiger partial charge in [0.05, 0.1) is 5.39 Å². The summed E-state index contributed by atoms with van der Waals surface area (Å²) in [5, 5.41) is 9.79. The molecule has 0 saturated heterocycles. The van der Waals surface area contributed by atoms with E-state index in [9.17, 15) is 13.8 Å². The normalized spacial score (nSPS) is 12.0. The van der Waals surface area contributed by atoms with Gasteiger partial charge in [0.2, 0.25) is 0 Å². The van der Waals surface area contributed by atoms with Crippen LogP contribution >= 0.6 is 0 Å². The first-order valence-corrected chi connectivity index (χ1v) is 9.28. The van der Waals surface area contributed by atoms with Crippen LogP contribution in [0, 0.1) is 0 Å². The number of nitrogens with one attached hydrogen (secondary N) is 2. The van der Waals surface area contributed by atoms with Crippen molar-refractivity contribution < 1.29 is 9.00 Å². The van der Waals surface area contributed by atoms with Gasteiger partial charge in [-0.3, -0.25) is 13.8 Å². The first-order chi connectivity index (χ1) is 12.1. The third kappa shape index (κ3) is 4.19. The van der Waals surface area contributed by atoms with E-state index >= 15 is 0 Å². The molecule has 2 aromatic carbocycles. The second-order valence-electron chi connectivity index (χ2n) is 5.48. The summed E-state index contributed by atoms with van der Waals surface area (Å²) >= 11 is 0. The summed E-state index contributed by atoms with van der Waals surface area (Å²) in [5.74, 6) is 0.405. The highest BCUT2D eigenvalue weighted by molar-refractivity contribution is 7.84. The Kier molecular flexibility index (Phi) is 5.35. The Morgan fingerprint density at radius 2 is 1.72 bits per heavy atom. The zero-order chi connectivity index (χ0) is 17.6. The van der Waals surface area contributed by atoms with Crippen LogP contribution < -0.4 is 10.9 Å². The lowest BCUT2D eigenvalue weighted by Crippen LogP contribution is -2.30. The minimum Gasteiger partial charge on any atom is -0.350 e. The van der Waals surface area contributed by atoms with Crippen molar-refractivity contribution in [3.8, 4) is 0 Å². The Balaban J connectivity index is 1.61. The fourth-order valence-electron chi connectivity index (χ4n) is 2.48. The van der Waals surface area contributed by atoms with Crippen molar-refractivity contribution in [2.24, 2.45) is 0 Å². The number of carbonyl (C=O) groups is 1. The first-order valence-electron chi connectivity index (χ1n) is 7.79. The molecule has 0 saturated carbocycles. The summed E-state index contributed by atoms with van der Waals surface area (Å²) in [7, 11) is -1.07. The Morgan fingerprint density at radius 3 is 2.48 bits per heavy atom. The van der Waals surface area contributed by atoms with Crippen LogP contribution in [-0.4, -0.2) is 32.6 Å². The van der Waals surface area contributed by atoms with Gasteiger partial charge in [0.1, 0.15) is 0 Å². The largest absolute Gasteiger partial charge is 0.350 e. The molecular weight excluding hydrogens is 338 g/mol. The number of nitrogens with zero attached hydrogens (tertiary/aromatic N) is 1. The maximum absolute atomic E-state index is 12.3. The van der Waals surface area contributed by atoms with Gasteiger partial charge < -0.3 is 5.32 Å². The fraction of sp³-hybridized carbons (Fsp3) is 0.167. The van der Waals surface area contributed by atoms with Crippen LogP contribution in [0.3, 0.4) is 0 Å². The molecule has 0 fully saturated rings. The SMILES string of the molecule is O=C(NCCS(=O)Cc1ccccc1)c1n[nH]c(=O)c2ccccc12. The number of aromatic amines is 1. The van der Waals surface area contributed by atoms with Gasteiger partial charge in [0.15, 0.2) is 5.69 Å². The van der Waals surface area contributed by atoms with Crippen LogP contribution in [0.25, 0.3) is 10.8 Å². The van der Waals surface area contributed by atoms with Gasteiger partial charge in [-0.1, -0.05) is 48.5 Å². The van der Waals surface area contributed by atoms with Gasteiger partial charge in [-0.2, -0.15) is 5.10 Å². The van der Waals surface area contributed by atoms with Crippen LogP contribution in [-0.2, 0) is 16.6 Å². The quantitative estimate of drug-likeness (QED) is 0.702. The summed E-state index contributed by atoms with van der Waals surface area (Å²) < 4.78 is 12.1. The topological polar surface area (TPSA) is 91.9 Å². The zero-order valence-electron chi connectivity index (χ0n) is 13.4. The van der Waals surface area contributed by atoms with Crippen LogP contribution in [0.1, 0.15) is 16.1 Å². The molecule has 6 nitrogen and oxygen atoms in total. The number of fused-ring (bicyclic) bond motifs is 1. The molecule has 128 valence electrons. The molecule has 0 spiro atoms. The monoisotopic (exact) mass is 355 g/mol. The maximum atomic E-state index is 12.3. The van der Waals surface area contributed by atoms with Crippen LogP contribution in [0.5, 0.6) is 0 Å². The molecule has 0 aliphatic carbocycles. The number of amides is 1. The lowest BCUT2D eigenvalue weighted by Gasteiger charge is -2.07. The predicted octanol–water partition coefficient (Wildman–Crippen LogP) is 1.60. The van der Waals surface area contributed by atoms with Crippen molar-refractivity contribution in [3.63, 3.8) is 0 Å². The molecule has 0 aliphatic rings. The molecule has 3 aromatic rings. The molecule has 2 N–H and O–H groups in total. The van der Waals surface area contributed by atoms with E-state index in [0.717, 1.165) is 5.56 Å². The van der Waals surface area contributed by atoms with Crippen LogP contribution in [0.15, 0.2) is 59.4 Å². The summed E-state index contributed by atoms with van der Waals surface area (Å²) in [6.07, 6.45) is 0. The number of carbonyl (C=O) groups excluding carboxylic acids is 1. The number of hydrogen-bond acceptors (Lipinski definition) is 4. The molecule has 1 amide bonds. The van der Waals surface area contributed by atoms with E-state index in [2.05, 4.69) is 15.5 Å². The molecule has 0 bridgehead atoms. The highest BCUT2D eigenvalue weighted by atomic mass is 32.2. The molecule has 1 aromatic heterocycles. The van der Waals surface area contributed by atoms with E-state index in [0.29, 0.717) is 22.3 Å². The Bertz CT molecular complexity index is 970. The predicted molar refractivity (Wildman–Crippen MR) is 97.9 cm³/mol. The molecule has 0 radical (unpaired) electrons. The van der Waals surface area contributed by atoms with E-state index in [-0.39, 0.29) is 17.8 Å². The van der Waals surface area contributed by atoms with Crippen LogP contribution in [0.2, 0.25) is 0 Å². The highest BCUT2D eigenvalue weighted by Gasteiger charge is 2.13. The lowest BCUT2D eigenvalue weighted by molar-refractivity contribution is 0.0952. The standard InChI is InChI=1S/C18H17N3O3S/c22-17-15-9-5-4-8-14(15)16(20-21-17)18(23)19-10-11-25(24)12-13-6-2-1-3-7-13/h1-9H,10-12H2,(H,19,23)(H,21,22). The average Bonchev–Trinajstić information content (AvgIpc) is 2.63. The van der Waals surface area contributed by atoms with Crippen molar-refractivity contribution in [3.05, 3.63) is 76.2 Å². The average molecular weight is 355 g/mol. The third-order valence-electron chi connectivity index (χ3n) is 3.70. The summed E-state index contributed by atoms with van der Waals surface area (Å²) in [6, 6.07) is 16.4. The van der Waals surface area contributed by atoms with Crippen molar-refractivity contribution >= 4 is 27.5 Å². The molecule has 1 heterocycles. The van der Waals surface area contributed by atoms with Crippen molar-refractivity contribution in [2.75, 3.05) is 12.3 Å². The minimum atomic E-state index is -1.07. The number of rotatable bonds is 6. The van der Waals surface area contributed by atoms with Crippen molar-refractivity contribution in [1.29, 1.82) is 0 Å². The van der Waals surface area contributed by atoms with E-state index in [1.807, 2.05) is 30.3 Å². The van der Waals surface area contributed by atoms with E-state index in [1.165, 1.54) is 0 Å². The Labute approximate surface area is 146 Å². The third-order valence-corrected chi connectivity index (χ3v) is 5.01. The van der Waals surface area contributed by atoms with Gasteiger partial charge in [0.25, 0.3) is 11.5 Å². The number of benzene rings is 2. The first kappa shape index (κ1) is 17.0. The molecule has 1 atom stereocenters. The highest BCUT2D eigenvalue weighted by Crippen LogP contribution is 2.12. The van der Waals surface area contributed by atoms with E-state index in [4.69, 9.17) is 0 Å². The van der Waals surface area contributed by atoms with Gasteiger partial charge >= 0.3 is 0 Å². The second-order valence-corrected chi connectivity index (χ2v) is 7.05. The number of hydrogen-bond donors (Lipinski definition) is 2. The maximum Gasteiger partial charge on any atom is 0.272 e. The molecule has 3 rings (SSSR count). The summed E-state index contributed by atoms with van der Waals surface area (Å²) in [6.45, 7) is 0.271. The van der Waals surface area contributed by atoms with E-state index < -0.39 is 16.7 Å². The summed E-state index contributed by atoms with van der Waals surface area (Å²) in [5.41, 5.74) is 0.820. The van der Waals surface area contributed by atoms with E-state index in [1.54, 1.807) is 24.3 Å². The van der Waals surface area contributed by atoms with Crippen LogP contribution in [0.4, 0.5) is 0 Å². The van der Waals surface area contributed by atoms with Gasteiger partial charge in [-0.25, -0.2) is 5.10 Å². The Morgan fingerprint density at radius 1 is 1.04 bits per heavy atom. The van der Waals surface area contributed by atoms with Crippen molar-refractivity contribution in [2.45, 2.75) is 5.75 Å². The second kappa shape index (κ2) is 7.85. The number of H-pyrrole nitrogens is 1. The number of aromatic nitrogens is 2. The smallest absolute Gasteiger partial charge is 0.272 e. The summed E-state index contributed by atoms with van der Waals surface area (Å²) in [4.78, 5) is 24.1. The molecule has 0 aliphatic heterocycles. The molecule has 25 heavy (non-hydrogen) atoms. The zero-order valence-corrected chi connectivity index (χ0v) is 14.2. The molecule has 1 unspecified atom stereocenters. The van der Waals surface area contributed by atoms with Gasteiger partial charge in [-0.15, -0.1) is 0 Å². The van der Waals surface area contributed by atoms with Gasteiger partial charge in [0, 0.05) is 34.2 Å². The van der Waals surface area contributed by atoms with Crippen molar-refractivity contribution in [1.82, 2.24) is 15.5 Å². The Hall–Kier alpha value is -2.80. The fourth-order valence-corrected chi connectivity index (χ4v) is 3.52. The minimum absolute atomic E-state index is 0.157. The molecular formula is C18H17N3O3S. The van der Waals surface area contributed by atoms with Gasteiger partial charge in [-0.05, 0) is 11.6 Å². The lowest BCUT2D eigenvalue weighted by atomic mass is 10.1. The molecule has 7 heteroatoms.